The zero-order chi connectivity index (χ0) is 13.4. The van der Waals surface area contributed by atoms with Gasteiger partial charge in [0.25, 0.3) is 0 Å². The Hall–Kier alpha value is -1.27. The number of alkyl halides is 3. The minimum atomic E-state index is -4.47. The Balaban J connectivity index is 2.17. The molecular weight excluding hydrogens is 249 g/mol. The van der Waals surface area contributed by atoms with Gasteiger partial charge in [0, 0.05) is 0 Å². The molecule has 1 N–H and O–H groups in total. The second kappa shape index (κ2) is 4.44. The van der Waals surface area contributed by atoms with Crippen LogP contribution in [-0.4, -0.2) is 41.5 Å². The average Bonchev–Trinajstić information content (AvgIpc) is 2.24. The van der Waals surface area contributed by atoms with E-state index in [4.69, 9.17) is 0 Å². The predicted molar refractivity (Wildman–Crippen MR) is 56.6 cm³/mol. The number of hydrogen-bond donors (Lipinski definition) is 1. The molecule has 0 radical (unpaired) electrons. The van der Waals surface area contributed by atoms with Crippen molar-refractivity contribution in [2.24, 2.45) is 0 Å². The molecule has 4 nitrogen and oxygen atoms in total. The van der Waals surface area contributed by atoms with Gasteiger partial charge in [-0.05, 0) is 12.8 Å². The molecule has 102 valence electrons. The summed E-state index contributed by atoms with van der Waals surface area (Å²) in [5, 5.41) is 2.60. The molecule has 1 aliphatic carbocycles. The van der Waals surface area contributed by atoms with E-state index >= 15 is 0 Å². The van der Waals surface area contributed by atoms with Crippen molar-refractivity contribution in [1.82, 2.24) is 10.2 Å². The second-order valence-corrected chi connectivity index (χ2v) is 4.97. The highest BCUT2D eigenvalue weighted by atomic mass is 19.4. The number of rotatable bonds is 1. The van der Waals surface area contributed by atoms with E-state index in [9.17, 15) is 22.8 Å². The average molecular weight is 264 g/mol. The van der Waals surface area contributed by atoms with Crippen LogP contribution in [0.2, 0.25) is 0 Å². The van der Waals surface area contributed by atoms with Crippen LogP contribution in [0.1, 0.15) is 32.1 Å². The van der Waals surface area contributed by atoms with Crippen LogP contribution in [0.25, 0.3) is 0 Å². The molecule has 2 amide bonds. The fourth-order valence-corrected chi connectivity index (χ4v) is 2.75. The molecule has 0 bridgehead atoms. The molecule has 0 aromatic carbocycles. The molecule has 2 fully saturated rings. The largest absolute Gasteiger partial charge is 0.406 e. The lowest BCUT2D eigenvalue weighted by atomic mass is 9.79. The van der Waals surface area contributed by atoms with Gasteiger partial charge in [0.05, 0.1) is 6.54 Å². The highest BCUT2D eigenvalue weighted by Gasteiger charge is 2.49. The van der Waals surface area contributed by atoms with Crippen molar-refractivity contribution in [3.63, 3.8) is 0 Å². The third-order valence-electron chi connectivity index (χ3n) is 3.49. The van der Waals surface area contributed by atoms with Crippen LogP contribution in [0.3, 0.4) is 0 Å². The van der Waals surface area contributed by atoms with Crippen LogP contribution in [0.4, 0.5) is 13.2 Å². The minimum Gasteiger partial charge on any atom is -0.340 e. The van der Waals surface area contributed by atoms with Gasteiger partial charge in [-0.2, -0.15) is 13.2 Å². The van der Waals surface area contributed by atoms with E-state index in [1.807, 2.05) is 0 Å². The smallest absolute Gasteiger partial charge is 0.340 e. The molecule has 1 saturated carbocycles. The molecule has 1 saturated heterocycles. The normalized spacial score (nSPS) is 24.3. The van der Waals surface area contributed by atoms with E-state index in [-0.39, 0.29) is 0 Å². The van der Waals surface area contributed by atoms with Crippen molar-refractivity contribution < 1.29 is 22.8 Å². The van der Waals surface area contributed by atoms with Gasteiger partial charge in [0.15, 0.2) is 0 Å². The Bertz CT molecular complexity index is 362. The van der Waals surface area contributed by atoms with Gasteiger partial charge in [-0.15, -0.1) is 0 Å². The number of nitrogens with one attached hydrogen (secondary N) is 1. The number of halogens is 3. The second-order valence-electron chi connectivity index (χ2n) is 4.97. The van der Waals surface area contributed by atoms with Crippen molar-refractivity contribution in [2.75, 3.05) is 13.1 Å². The van der Waals surface area contributed by atoms with Gasteiger partial charge in [-0.1, -0.05) is 19.3 Å². The molecule has 0 aromatic heterocycles. The molecule has 2 rings (SSSR count). The maximum Gasteiger partial charge on any atom is 0.406 e. The standard InChI is InChI=1S/C11H15F3N2O2/c12-11(13,14)7-16-6-8(17)15-10(9(16)18)4-2-1-3-5-10/h1-7H2,(H,15,17). The van der Waals surface area contributed by atoms with E-state index in [1.165, 1.54) is 0 Å². The number of carbonyl (C=O) groups excluding carboxylic acids is 2. The van der Waals surface area contributed by atoms with Crippen LogP contribution < -0.4 is 5.32 Å². The molecule has 1 aliphatic heterocycles. The molecular formula is C11H15F3N2O2. The molecule has 1 heterocycles. The minimum absolute atomic E-state index is 0.436. The maximum atomic E-state index is 12.4. The van der Waals surface area contributed by atoms with E-state index in [0.29, 0.717) is 17.7 Å². The van der Waals surface area contributed by atoms with Gasteiger partial charge >= 0.3 is 6.18 Å². The van der Waals surface area contributed by atoms with E-state index < -0.39 is 36.6 Å². The molecule has 0 aromatic rings. The molecule has 1 spiro atoms. The van der Waals surface area contributed by atoms with Crippen molar-refractivity contribution >= 4 is 11.8 Å². The lowest BCUT2D eigenvalue weighted by molar-refractivity contribution is -0.173. The van der Waals surface area contributed by atoms with Gasteiger partial charge < -0.3 is 10.2 Å². The molecule has 0 atom stereocenters. The summed E-state index contributed by atoms with van der Waals surface area (Å²) in [7, 11) is 0. The fourth-order valence-electron chi connectivity index (χ4n) is 2.75. The summed E-state index contributed by atoms with van der Waals surface area (Å²) < 4.78 is 37.1. The first-order chi connectivity index (χ1) is 8.32. The lowest BCUT2D eigenvalue weighted by Gasteiger charge is -2.44. The van der Waals surface area contributed by atoms with Crippen LogP contribution in [0.5, 0.6) is 0 Å². The third kappa shape index (κ3) is 2.59. The van der Waals surface area contributed by atoms with Crippen molar-refractivity contribution in [3.8, 4) is 0 Å². The highest BCUT2D eigenvalue weighted by molar-refractivity contribution is 5.98. The Morgan fingerprint density at radius 1 is 1.17 bits per heavy atom. The summed E-state index contributed by atoms with van der Waals surface area (Å²) in [5.41, 5.74) is -1.08. The Labute approximate surface area is 103 Å². The van der Waals surface area contributed by atoms with Gasteiger partial charge in [0.2, 0.25) is 11.8 Å². The number of piperazine rings is 1. The van der Waals surface area contributed by atoms with Crippen LogP contribution in [-0.2, 0) is 9.59 Å². The topological polar surface area (TPSA) is 49.4 Å². The molecule has 18 heavy (non-hydrogen) atoms. The summed E-state index contributed by atoms with van der Waals surface area (Å²) in [5.74, 6) is -1.08. The number of hydrogen-bond acceptors (Lipinski definition) is 2. The Kier molecular flexibility index (Phi) is 3.25. The third-order valence-corrected chi connectivity index (χ3v) is 3.49. The zero-order valence-electron chi connectivity index (χ0n) is 9.85. The fraction of sp³-hybridized carbons (Fsp3) is 0.818. The summed E-state index contributed by atoms with van der Waals surface area (Å²) in [6.45, 7) is -1.85. The Morgan fingerprint density at radius 2 is 1.78 bits per heavy atom. The maximum absolute atomic E-state index is 12.4. The molecule has 2 aliphatic rings. The number of nitrogens with zero attached hydrogens (tertiary/aromatic N) is 1. The monoisotopic (exact) mass is 264 g/mol. The van der Waals surface area contributed by atoms with E-state index in [1.54, 1.807) is 0 Å². The quantitative estimate of drug-likeness (QED) is 0.774. The van der Waals surface area contributed by atoms with E-state index in [2.05, 4.69) is 5.32 Å². The van der Waals surface area contributed by atoms with Crippen molar-refractivity contribution in [3.05, 3.63) is 0 Å². The van der Waals surface area contributed by atoms with Crippen molar-refractivity contribution in [1.29, 1.82) is 0 Å². The van der Waals surface area contributed by atoms with Gasteiger partial charge in [0.1, 0.15) is 12.1 Å². The highest BCUT2D eigenvalue weighted by Crippen LogP contribution is 2.32. The first-order valence-electron chi connectivity index (χ1n) is 6.00. The van der Waals surface area contributed by atoms with Crippen LogP contribution in [0.15, 0.2) is 0 Å². The first kappa shape index (κ1) is 13.2. The summed E-state index contributed by atoms with van der Waals surface area (Å²) in [6.07, 6.45) is -1.14. The van der Waals surface area contributed by atoms with Crippen molar-refractivity contribution in [2.45, 2.75) is 43.8 Å². The van der Waals surface area contributed by atoms with Crippen LogP contribution >= 0.6 is 0 Å². The van der Waals surface area contributed by atoms with Gasteiger partial charge in [-0.25, -0.2) is 0 Å². The number of carbonyl (C=O) groups is 2. The molecule has 0 unspecified atom stereocenters. The van der Waals surface area contributed by atoms with Crippen LogP contribution in [0, 0.1) is 0 Å². The lowest BCUT2D eigenvalue weighted by Crippen LogP contribution is -2.68. The SMILES string of the molecule is O=C1CN(CC(F)(F)F)C(=O)C2(CCCCC2)N1. The summed E-state index contributed by atoms with van der Waals surface area (Å²) >= 11 is 0. The molecule has 7 heteroatoms. The number of amides is 2. The summed E-state index contributed by atoms with van der Waals surface area (Å²) in [4.78, 5) is 24.3. The van der Waals surface area contributed by atoms with E-state index in [0.717, 1.165) is 19.3 Å². The Morgan fingerprint density at radius 3 is 2.33 bits per heavy atom. The zero-order valence-corrected chi connectivity index (χ0v) is 9.85. The van der Waals surface area contributed by atoms with Gasteiger partial charge in [-0.3, -0.25) is 9.59 Å². The summed E-state index contributed by atoms with van der Waals surface area (Å²) in [6, 6.07) is 0. The predicted octanol–water partition coefficient (Wildman–Crippen LogP) is 1.21. The first-order valence-corrected chi connectivity index (χ1v) is 6.00.